The molecule has 0 aliphatic carbocycles. The molecule has 45 heteroatoms. The van der Waals surface area contributed by atoms with Crippen molar-refractivity contribution in [2.45, 2.75) is 118 Å². The number of hydrogen-bond donors (Lipinski definition) is 5. The van der Waals surface area contributed by atoms with Gasteiger partial charge in [0, 0.05) is 179 Å². The highest BCUT2D eigenvalue weighted by Crippen LogP contribution is 2.39. The number of nitrogens with zero attached hydrogens (tertiary/aromatic N) is 23. The van der Waals surface area contributed by atoms with E-state index >= 15 is 8.78 Å². The van der Waals surface area contributed by atoms with Crippen molar-refractivity contribution in [1.82, 2.24) is 88.4 Å². The van der Waals surface area contributed by atoms with Gasteiger partial charge >= 0.3 is 18.9 Å². The molecule has 0 saturated carbocycles. The second-order valence-electron chi connectivity index (χ2n) is 39.3. The molecular weight excluding hydrogens is 2010 g/mol. The van der Waals surface area contributed by atoms with Crippen LogP contribution in [-0.4, -0.2) is 267 Å². The summed E-state index contributed by atoms with van der Waals surface area (Å²) in [4.78, 5) is 120. The first kappa shape index (κ1) is 113. The van der Waals surface area contributed by atoms with E-state index in [1.807, 2.05) is 118 Å². The number of likely N-dealkylation sites (N-methyl/N-ethyl adjacent to an activating group) is 4. The highest BCUT2D eigenvalue weighted by molar-refractivity contribution is 9.10. The molecule has 9 aromatic heterocycles. The number of pyridine rings is 4. The monoisotopic (exact) mass is 2130 g/mol. The Morgan fingerprint density at radius 3 is 1.28 bits per heavy atom. The number of carbonyl (C=O) groups excluding carboxylic acids is 1. The quantitative estimate of drug-likeness (QED) is 0.0259. The Morgan fingerprint density at radius 2 is 0.899 bits per heavy atom. The summed E-state index contributed by atoms with van der Waals surface area (Å²) in [6.45, 7) is 38.4. The van der Waals surface area contributed by atoms with Crippen LogP contribution >= 0.6 is 39.1 Å². The van der Waals surface area contributed by atoms with Crippen molar-refractivity contribution in [3.05, 3.63) is 275 Å². The minimum atomic E-state index is -0.761. The summed E-state index contributed by atoms with van der Waals surface area (Å²) in [6.07, 6.45) is 9.96. The maximum absolute atomic E-state index is 15.3. The molecular formula is C103H128BBrCl2F2N26O13. The van der Waals surface area contributed by atoms with Crippen molar-refractivity contribution < 1.29 is 42.8 Å². The lowest BCUT2D eigenvalue weighted by Crippen LogP contribution is -2.44. The summed E-state index contributed by atoms with van der Waals surface area (Å²) in [6, 6.07) is 35.9. The number of aromatic nitrogens is 14. The lowest BCUT2D eigenvalue weighted by Gasteiger charge is -2.33. The molecule has 6 N–H and O–H groups in total. The van der Waals surface area contributed by atoms with Gasteiger partial charge in [0.15, 0.2) is 16.5 Å². The number of rotatable bonds is 16. The number of esters is 1. The second kappa shape index (κ2) is 49.6. The van der Waals surface area contributed by atoms with Gasteiger partial charge in [-0.3, -0.25) is 28.8 Å². The van der Waals surface area contributed by atoms with E-state index in [0.29, 0.717) is 77.1 Å². The van der Waals surface area contributed by atoms with Crippen molar-refractivity contribution in [3.63, 3.8) is 0 Å². The maximum atomic E-state index is 15.3. The molecule has 786 valence electrons. The van der Waals surface area contributed by atoms with E-state index in [1.54, 1.807) is 94.1 Å². The van der Waals surface area contributed by atoms with Gasteiger partial charge in [-0.15, -0.1) is 0 Å². The third-order valence-corrected chi connectivity index (χ3v) is 26.8. The van der Waals surface area contributed by atoms with Gasteiger partial charge in [-0.25, -0.2) is 37.8 Å². The minimum absolute atomic E-state index is 0.0579. The number of fused-ring (bicyclic) bond motifs is 2. The lowest BCUT2D eigenvalue weighted by molar-refractivity contribution is -0.389. The number of nitro groups is 1. The van der Waals surface area contributed by atoms with E-state index in [9.17, 15) is 44.0 Å². The first-order valence-corrected chi connectivity index (χ1v) is 49.7. The standard InChI is InChI=1S/C34H37FN8O3.C27H32BFN2O5.C15H19ClN6O.C10H14N4O2.C10H16N4.C5H4BrClN2O.C2H6O/c1-34(2,3)22-15-21-18-37-43(33(46)31(21)26(35)16-22)29-8-6-7-24(25(29)20-44)27-17-28(32(45)41(5)39-27)38-30-10-9-23(19-36-30)42-13-11-40(4)12-14-42;1-16(32)34-15-19-20(28-35-26(5,6)27(7,8)36-28)10-9-11-22(19)31-24(33)23-17(14-30-31)12-18(13-21(23)29)25(2,3)4;1-20-5-7-22(8-6-20)11-3-4-14(17-10-11)18-12-9-13(16)19-21(2)15(12)23;1-12-4-6-13(7-5-12)9-2-3-10(11-8-9)14(15)16;1-13-4-6-14(7-5-13)9-2-3-10(11)12-8-9;1-9-5(10)3(6)2-4(7)8-9;1-2-3/h6-10,15-19,44H,11-14,20H2,1-5H3,(H,36,38);9-14H,15H2,1-8H3;3-4,9-10H,5-8H2,1-2H3,(H,17,18);2-3,8H,4-7H2,1H3;2-3,8H,4-7H2,1H3,(H2,11,12);2H,1H3;3H,2H2,1H3. The zero-order chi connectivity index (χ0) is 108. The van der Waals surface area contributed by atoms with Gasteiger partial charge < -0.3 is 89.9 Å². The molecule has 5 fully saturated rings. The zero-order valence-electron chi connectivity index (χ0n) is 86.7. The Kier molecular flexibility index (Phi) is 37.9. The number of halogens is 5. The highest BCUT2D eigenvalue weighted by Gasteiger charge is 2.52. The fourth-order valence-corrected chi connectivity index (χ4v) is 17.3. The molecule has 5 aliphatic heterocycles. The number of carbonyl (C=O) groups is 1. The number of nitrogens with one attached hydrogen (secondary N) is 2. The molecule has 13 aromatic rings. The normalized spacial score (nSPS) is 15.4. The Balaban J connectivity index is 0.000000168. The third-order valence-electron chi connectivity index (χ3n) is 25.8. The van der Waals surface area contributed by atoms with Crippen molar-refractivity contribution in [2.24, 2.45) is 21.1 Å². The van der Waals surface area contributed by atoms with Crippen LogP contribution in [0.2, 0.25) is 10.3 Å². The number of hydrogen-bond acceptors (Lipinski definition) is 33. The number of ether oxygens (including phenoxy) is 1. The SMILES string of the molecule is CC(=O)OCc1c(B2OC(C)(C)C(C)(C)O2)cccc1-n1ncc2cc(C(C)(C)C)cc(F)c2c1=O.CCO.CN1CCN(c2ccc(N)nc2)CC1.CN1CCN(c2ccc(Nc3cc(-c4cccc(-n5ncc6cc(C(C)(C)C)cc(F)c6c5=O)c4CO)nn(C)c3=O)nc2)CC1.CN1CCN(c2ccc(Nc3cc(Cl)nn(C)c3=O)nc2)CC1.CN1CCN(c2ccc([N+](=O)[O-])nc2)CC1.Cn1nc(Cl)cc(Br)c1=O. The predicted molar refractivity (Wildman–Crippen MR) is 580 cm³/mol. The molecule has 0 unspecified atom stereocenters. The van der Waals surface area contributed by atoms with Gasteiger partial charge in [0.2, 0.25) is 0 Å². The number of aliphatic hydroxyl groups excluding tert-OH is 2. The minimum Gasteiger partial charge on any atom is -0.461 e. The van der Waals surface area contributed by atoms with Crippen molar-refractivity contribution >= 4 is 137 Å². The topological polar surface area (TPSA) is 430 Å². The number of aliphatic hydroxyl groups is 2. The third kappa shape index (κ3) is 28.7. The van der Waals surface area contributed by atoms with Crippen LogP contribution in [0.5, 0.6) is 0 Å². The average Bonchev–Trinajstić information content (AvgIpc) is 1.45. The lowest BCUT2D eigenvalue weighted by atomic mass is 9.75. The van der Waals surface area contributed by atoms with Crippen LogP contribution in [-0.2, 0) is 64.0 Å². The Bertz CT molecular complexity index is 7110. The molecule has 0 atom stereocenters. The summed E-state index contributed by atoms with van der Waals surface area (Å²) in [5, 5.41) is 56.6. The van der Waals surface area contributed by atoms with E-state index in [2.05, 4.69) is 139 Å². The molecule has 148 heavy (non-hydrogen) atoms. The smallest absolute Gasteiger partial charge is 0.461 e. The molecule has 0 bridgehead atoms. The number of piperazine rings is 4. The predicted octanol–water partition coefficient (Wildman–Crippen LogP) is 11.8. The molecule has 18 rings (SSSR count). The number of anilines is 9. The van der Waals surface area contributed by atoms with E-state index in [1.165, 1.54) is 76.4 Å². The van der Waals surface area contributed by atoms with Gasteiger partial charge in [0.05, 0.1) is 104 Å². The summed E-state index contributed by atoms with van der Waals surface area (Å²) in [7, 11) is 12.3. The maximum Gasteiger partial charge on any atom is 0.495 e. The Hall–Kier alpha value is -13.5. The van der Waals surface area contributed by atoms with Gasteiger partial charge in [-0.05, 0) is 207 Å². The van der Waals surface area contributed by atoms with Crippen LogP contribution in [0.25, 0.3) is 44.2 Å². The van der Waals surface area contributed by atoms with Gasteiger partial charge in [0.25, 0.3) is 27.8 Å². The van der Waals surface area contributed by atoms with Crippen LogP contribution in [0.1, 0.15) is 105 Å². The summed E-state index contributed by atoms with van der Waals surface area (Å²) >= 11 is 14.4. The Labute approximate surface area is 875 Å². The van der Waals surface area contributed by atoms with Crippen LogP contribution in [0.3, 0.4) is 0 Å². The highest BCUT2D eigenvalue weighted by atomic mass is 79.9. The summed E-state index contributed by atoms with van der Waals surface area (Å²) in [5.74, 6) is -0.146. The molecule has 39 nitrogen and oxygen atoms in total. The van der Waals surface area contributed by atoms with E-state index in [-0.39, 0.29) is 73.8 Å². The van der Waals surface area contributed by atoms with Crippen LogP contribution in [0.15, 0.2) is 193 Å². The van der Waals surface area contributed by atoms with E-state index < -0.39 is 58.6 Å². The van der Waals surface area contributed by atoms with Crippen LogP contribution < -0.4 is 69.2 Å². The Morgan fingerprint density at radius 1 is 0.514 bits per heavy atom. The first-order valence-electron chi connectivity index (χ1n) is 48.2. The zero-order valence-corrected chi connectivity index (χ0v) is 89.8. The van der Waals surface area contributed by atoms with Crippen molar-refractivity contribution in [1.29, 1.82) is 0 Å². The van der Waals surface area contributed by atoms with Crippen molar-refractivity contribution in [3.8, 4) is 22.6 Å². The van der Waals surface area contributed by atoms with Crippen LogP contribution in [0.4, 0.5) is 66.2 Å². The summed E-state index contributed by atoms with van der Waals surface area (Å²) in [5.41, 5.74) is 10.9. The number of aryl methyl sites for hydroxylation is 3. The second-order valence-corrected chi connectivity index (χ2v) is 40.9. The van der Waals surface area contributed by atoms with E-state index in [0.717, 1.165) is 142 Å². The van der Waals surface area contributed by atoms with Gasteiger partial charge in [-0.1, -0.05) is 89.0 Å². The first-order chi connectivity index (χ1) is 70.0. The molecule has 5 saturated heterocycles. The fourth-order valence-electron chi connectivity index (χ4n) is 16.3. The number of nitrogens with two attached hydrogens (primary N) is 1. The van der Waals surface area contributed by atoms with Gasteiger partial charge in [0.1, 0.15) is 47.1 Å². The van der Waals surface area contributed by atoms with Gasteiger partial charge in [-0.2, -0.15) is 34.9 Å². The molecule has 0 amide bonds. The molecule has 5 aliphatic rings. The van der Waals surface area contributed by atoms with Crippen LogP contribution in [0, 0.1) is 21.7 Å². The summed E-state index contributed by atoms with van der Waals surface area (Å²) < 4.78 is 54.6. The molecule has 0 radical (unpaired) electrons. The number of nitrogen functional groups attached to an aromatic ring is 1. The molecule has 14 heterocycles. The largest absolute Gasteiger partial charge is 0.495 e. The number of benzene rings is 4. The molecule has 0 spiro atoms. The average molecular weight is 2140 g/mol. The van der Waals surface area contributed by atoms with Crippen molar-refractivity contribution in [2.75, 3.05) is 175 Å². The fraction of sp³-hybridized carbons (Fsp3) is 0.408. The molecule has 4 aromatic carbocycles. The van der Waals surface area contributed by atoms with E-state index in [4.69, 9.17) is 48.1 Å².